The lowest BCUT2D eigenvalue weighted by Crippen LogP contribution is -1.99. The van der Waals surface area contributed by atoms with Crippen molar-refractivity contribution >= 4 is 34.2 Å². The first-order valence-corrected chi connectivity index (χ1v) is 9.45. The van der Waals surface area contributed by atoms with E-state index in [0.717, 1.165) is 33.8 Å². The van der Waals surface area contributed by atoms with Gasteiger partial charge >= 0.3 is 5.69 Å². The molecule has 160 valence electrons. The third-order valence-corrected chi connectivity index (χ3v) is 4.89. The summed E-state index contributed by atoms with van der Waals surface area (Å²) in [6, 6.07) is 18.6. The molecule has 4 aromatic rings. The fourth-order valence-corrected chi connectivity index (χ4v) is 3.39. The van der Waals surface area contributed by atoms with Crippen molar-refractivity contribution in [1.82, 2.24) is 4.98 Å². The van der Waals surface area contributed by atoms with Crippen molar-refractivity contribution in [2.24, 2.45) is 5.10 Å². The zero-order valence-electron chi connectivity index (χ0n) is 16.8. The molecule has 4 rings (SSSR count). The van der Waals surface area contributed by atoms with Crippen molar-refractivity contribution in [3.63, 3.8) is 0 Å². The summed E-state index contributed by atoms with van der Waals surface area (Å²) in [5.41, 5.74) is 5.12. The summed E-state index contributed by atoms with van der Waals surface area (Å²) in [5, 5.41) is 27.3. The molecule has 0 radical (unpaired) electrons. The van der Waals surface area contributed by atoms with Crippen molar-refractivity contribution in [3.8, 4) is 17.0 Å². The largest absolute Gasteiger partial charge is 0.495 e. The van der Waals surface area contributed by atoms with Crippen LogP contribution >= 0.6 is 0 Å². The lowest BCUT2D eigenvalue weighted by atomic mass is 10.1. The highest BCUT2D eigenvalue weighted by atomic mass is 16.6. The lowest BCUT2D eigenvalue weighted by Gasteiger charge is -2.03. The number of non-ortho nitro benzene ring substituents is 1. The number of hydrazone groups is 1. The second-order valence-corrected chi connectivity index (χ2v) is 6.75. The predicted octanol–water partition coefficient (Wildman–Crippen LogP) is 5.11. The van der Waals surface area contributed by atoms with Gasteiger partial charge in [-0.15, -0.1) is 0 Å². The fourth-order valence-electron chi connectivity index (χ4n) is 3.39. The van der Waals surface area contributed by atoms with Gasteiger partial charge in [0.25, 0.3) is 5.69 Å². The molecular weight excluding hydrogens is 414 g/mol. The number of nitrogens with one attached hydrogen (secondary N) is 2. The molecule has 0 aliphatic rings. The predicted molar refractivity (Wildman–Crippen MR) is 121 cm³/mol. The van der Waals surface area contributed by atoms with Crippen LogP contribution in [-0.2, 0) is 0 Å². The highest BCUT2D eigenvalue weighted by Crippen LogP contribution is 2.34. The summed E-state index contributed by atoms with van der Waals surface area (Å²) in [4.78, 5) is 24.3. The van der Waals surface area contributed by atoms with E-state index in [1.165, 1.54) is 12.1 Å². The number of H-pyrrole nitrogens is 1. The Morgan fingerprint density at radius 2 is 1.78 bits per heavy atom. The maximum atomic E-state index is 11.3. The van der Waals surface area contributed by atoms with E-state index < -0.39 is 15.5 Å². The third-order valence-electron chi connectivity index (χ3n) is 4.89. The van der Waals surface area contributed by atoms with Gasteiger partial charge in [0.2, 0.25) is 0 Å². The minimum absolute atomic E-state index is 0.0375. The van der Waals surface area contributed by atoms with Crippen LogP contribution < -0.4 is 10.2 Å². The van der Waals surface area contributed by atoms with E-state index in [9.17, 15) is 20.2 Å². The zero-order valence-corrected chi connectivity index (χ0v) is 16.8. The smallest absolute Gasteiger partial charge is 0.301 e. The van der Waals surface area contributed by atoms with E-state index in [1.54, 1.807) is 13.3 Å². The number of anilines is 1. The molecule has 1 heterocycles. The molecule has 32 heavy (non-hydrogen) atoms. The number of fused-ring (bicyclic) bond motifs is 1. The van der Waals surface area contributed by atoms with E-state index in [2.05, 4.69) is 15.5 Å². The number of benzene rings is 3. The Morgan fingerprint density at radius 1 is 1.00 bits per heavy atom. The van der Waals surface area contributed by atoms with E-state index in [0.29, 0.717) is 5.75 Å². The maximum Gasteiger partial charge on any atom is 0.301 e. The fraction of sp³-hybridized carbons (Fsp3) is 0.0455. The van der Waals surface area contributed by atoms with Crippen molar-refractivity contribution in [3.05, 3.63) is 92.5 Å². The number of nitrogens with zero attached hydrogens (tertiary/aromatic N) is 3. The van der Waals surface area contributed by atoms with Crippen LogP contribution in [0, 0.1) is 20.2 Å². The Labute approximate surface area is 181 Å². The van der Waals surface area contributed by atoms with E-state index in [4.69, 9.17) is 4.74 Å². The minimum Gasteiger partial charge on any atom is -0.495 e. The number of aromatic amines is 1. The van der Waals surface area contributed by atoms with Gasteiger partial charge in [-0.25, -0.2) is 0 Å². The molecule has 0 aliphatic carbocycles. The molecule has 2 N–H and O–H groups in total. The molecular formula is C22H17N5O5. The van der Waals surface area contributed by atoms with Crippen molar-refractivity contribution in [2.75, 3.05) is 12.5 Å². The Bertz CT molecular complexity index is 1350. The molecule has 10 nitrogen and oxygen atoms in total. The maximum absolute atomic E-state index is 11.3. The van der Waals surface area contributed by atoms with Gasteiger partial charge in [-0.3, -0.25) is 25.7 Å². The SMILES string of the molecule is COc1cccc2c(/C=N/Nc3ccc([N+](=O)[O-])cc3[N+](=O)[O-])c(-c3ccccc3)[nH]c12. The van der Waals surface area contributed by atoms with Crippen LogP contribution in [0.15, 0.2) is 71.8 Å². The number of hydrogen-bond donors (Lipinski definition) is 2. The first-order chi connectivity index (χ1) is 15.5. The third kappa shape index (κ3) is 3.84. The Balaban J connectivity index is 1.76. The molecule has 0 spiro atoms. The average molecular weight is 431 g/mol. The van der Waals surface area contributed by atoms with Crippen LogP contribution in [-0.4, -0.2) is 28.2 Å². The molecule has 0 aliphatic heterocycles. The van der Waals surface area contributed by atoms with Gasteiger partial charge in [-0.2, -0.15) is 5.10 Å². The second-order valence-electron chi connectivity index (χ2n) is 6.75. The van der Waals surface area contributed by atoms with Crippen molar-refractivity contribution < 1.29 is 14.6 Å². The number of hydrogen-bond acceptors (Lipinski definition) is 7. The Kier molecular flexibility index (Phi) is 5.49. The van der Waals surface area contributed by atoms with Crippen LogP contribution in [0.4, 0.5) is 17.1 Å². The lowest BCUT2D eigenvalue weighted by molar-refractivity contribution is -0.393. The van der Waals surface area contributed by atoms with E-state index in [1.807, 2.05) is 48.5 Å². The average Bonchev–Trinajstić information content (AvgIpc) is 3.18. The molecule has 0 amide bonds. The van der Waals surface area contributed by atoms with Gasteiger partial charge in [-0.05, 0) is 17.7 Å². The van der Waals surface area contributed by atoms with Gasteiger partial charge in [0, 0.05) is 17.0 Å². The van der Waals surface area contributed by atoms with Gasteiger partial charge in [0.05, 0.1) is 40.4 Å². The van der Waals surface area contributed by atoms with E-state index >= 15 is 0 Å². The zero-order chi connectivity index (χ0) is 22.7. The number of para-hydroxylation sites is 1. The minimum atomic E-state index is -0.698. The molecule has 3 aromatic carbocycles. The number of ether oxygens (including phenoxy) is 1. The number of nitro benzene ring substituents is 2. The molecule has 0 fully saturated rings. The van der Waals surface area contributed by atoms with Crippen LogP contribution in [0.5, 0.6) is 5.75 Å². The summed E-state index contributed by atoms with van der Waals surface area (Å²) >= 11 is 0. The quantitative estimate of drug-likeness (QED) is 0.237. The molecule has 0 saturated carbocycles. The highest BCUT2D eigenvalue weighted by Gasteiger charge is 2.19. The van der Waals surface area contributed by atoms with Crippen LogP contribution in [0.2, 0.25) is 0 Å². The van der Waals surface area contributed by atoms with Crippen LogP contribution in [0.3, 0.4) is 0 Å². The van der Waals surface area contributed by atoms with Crippen molar-refractivity contribution in [1.29, 1.82) is 0 Å². The standard InChI is InChI=1S/C22H17N5O5/c1-32-20-9-5-8-16-17(21(24-22(16)20)14-6-3-2-4-7-14)13-23-25-18-11-10-15(26(28)29)12-19(18)27(30)31/h2-13,24-25H,1H3/b23-13+. The molecule has 1 aromatic heterocycles. The summed E-state index contributed by atoms with van der Waals surface area (Å²) in [6.45, 7) is 0. The van der Waals surface area contributed by atoms with Gasteiger partial charge in [0.15, 0.2) is 0 Å². The Hall–Kier alpha value is -4.73. The summed E-state index contributed by atoms with van der Waals surface area (Å²) in [7, 11) is 1.58. The highest BCUT2D eigenvalue weighted by molar-refractivity contribution is 6.07. The molecule has 0 atom stereocenters. The number of methoxy groups -OCH3 is 1. The van der Waals surface area contributed by atoms with Crippen molar-refractivity contribution in [2.45, 2.75) is 0 Å². The normalized spacial score (nSPS) is 11.0. The summed E-state index contributed by atoms with van der Waals surface area (Å²) in [5.74, 6) is 0.665. The summed E-state index contributed by atoms with van der Waals surface area (Å²) < 4.78 is 5.46. The number of nitro groups is 2. The van der Waals surface area contributed by atoms with Gasteiger partial charge < -0.3 is 9.72 Å². The van der Waals surface area contributed by atoms with Crippen LogP contribution in [0.1, 0.15) is 5.56 Å². The topological polar surface area (TPSA) is 136 Å². The molecule has 10 heteroatoms. The van der Waals surface area contributed by atoms with Crippen LogP contribution in [0.25, 0.3) is 22.2 Å². The van der Waals surface area contributed by atoms with Gasteiger partial charge in [0.1, 0.15) is 11.4 Å². The summed E-state index contributed by atoms with van der Waals surface area (Å²) in [6.07, 6.45) is 1.55. The molecule has 0 bridgehead atoms. The first-order valence-electron chi connectivity index (χ1n) is 9.45. The first kappa shape index (κ1) is 20.5. The Morgan fingerprint density at radius 3 is 2.47 bits per heavy atom. The van der Waals surface area contributed by atoms with Gasteiger partial charge in [-0.1, -0.05) is 42.5 Å². The number of aromatic nitrogens is 1. The van der Waals surface area contributed by atoms with E-state index in [-0.39, 0.29) is 11.4 Å². The second kappa shape index (κ2) is 8.56. The molecule has 0 saturated heterocycles. The number of rotatable bonds is 7. The molecule has 0 unspecified atom stereocenters. The monoisotopic (exact) mass is 431 g/mol.